The van der Waals surface area contributed by atoms with Crippen molar-refractivity contribution < 1.29 is 19.1 Å². The lowest BCUT2D eigenvalue weighted by atomic mass is 10.0. The van der Waals surface area contributed by atoms with E-state index in [2.05, 4.69) is 0 Å². The molecule has 0 atom stereocenters. The summed E-state index contributed by atoms with van der Waals surface area (Å²) in [6, 6.07) is 7.40. The van der Waals surface area contributed by atoms with E-state index in [1.165, 1.54) is 12.2 Å². The molecule has 118 valence electrons. The lowest BCUT2D eigenvalue weighted by Gasteiger charge is -2.10. The Hall–Kier alpha value is -2.56. The number of nitrogens with two attached hydrogens (primary N) is 1. The Balaban J connectivity index is 3.24. The lowest BCUT2D eigenvalue weighted by Crippen LogP contribution is -2.13. The van der Waals surface area contributed by atoms with Crippen LogP contribution in [0, 0.1) is 6.92 Å². The zero-order valence-corrected chi connectivity index (χ0v) is 13.1. The van der Waals surface area contributed by atoms with Gasteiger partial charge in [-0.2, -0.15) is 0 Å². The van der Waals surface area contributed by atoms with Crippen molar-refractivity contribution in [3.63, 3.8) is 0 Å². The Morgan fingerprint density at radius 2 is 1.73 bits per heavy atom. The van der Waals surface area contributed by atoms with Gasteiger partial charge < -0.3 is 15.2 Å². The second-order valence-electron chi connectivity index (χ2n) is 4.45. The van der Waals surface area contributed by atoms with Gasteiger partial charge in [-0.05, 0) is 32.4 Å². The SMILES string of the molecule is CCOC(=O)/C=C/C(C(=O)OCC)=C(/N)c1ccccc1C. The molecule has 1 aromatic rings. The van der Waals surface area contributed by atoms with Crippen LogP contribution in [-0.2, 0) is 19.1 Å². The highest BCUT2D eigenvalue weighted by atomic mass is 16.5. The number of carbonyl (C=O) groups excluding carboxylic acids is 2. The van der Waals surface area contributed by atoms with E-state index in [0.29, 0.717) is 0 Å². The molecule has 0 radical (unpaired) electrons. The summed E-state index contributed by atoms with van der Waals surface area (Å²) in [5.74, 6) is -1.12. The molecule has 1 rings (SSSR count). The van der Waals surface area contributed by atoms with E-state index in [-0.39, 0.29) is 24.5 Å². The van der Waals surface area contributed by atoms with Crippen LogP contribution < -0.4 is 5.73 Å². The molecule has 5 heteroatoms. The summed E-state index contributed by atoms with van der Waals surface area (Å²) in [6.07, 6.45) is 2.50. The van der Waals surface area contributed by atoms with E-state index in [4.69, 9.17) is 15.2 Å². The highest BCUT2D eigenvalue weighted by Crippen LogP contribution is 2.19. The predicted octanol–water partition coefficient (Wildman–Crippen LogP) is 2.35. The van der Waals surface area contributed by atoms with Gasteiger partial charge >= 0.3 is 11.9 Å². The zero-order valence-electron chi connectivity index (χ0n) is 13.1. The second-order valence-corrected chi connectivity index (χ2v) is 4.45. The van der Waals surface area contributed by atoms with Crippen molar-refractivity contribution in [2.45, 2.75) is 20.8 Å². The molecule has 2 N–H and O–H groups in total. The fraction of sp³-hybridized carbons (Fsp3) is 0.294. The number of benzene rings is 1. The summed E-state index contributed by atoms with van der Waals surface area (Å²) in [7, 11) is 0. The fourth-order valence-electron chi connectivity index (χ4n) is 1.84. The van der Waals surface area contributed by atoms with Gasteiger partial charge in [0.15, 0.2) is 0 Å². The number of esters is 2. The molecule has 22 heavy (non-hydrogen) atoms. The maximum atomic E-state index is 12.1. The van der Waals surface area contributed by atoms with Crippen LogP contribution in [0.4, 0.5) is 0 Å². The molecule has 0 saturated heterocycles. The summed E-state index contributed by atoms with van der Waals surface area (Å²) in [5.41, 5.74) is 8.14. The first-order valence-corrected chi connectivity index (χ1v) is 7.08. The molecule has 0 aliphatic rings. The second kappa shape index (κ2) is 8.67. The van der Waals surface area contributed by atoms with Crippen LogP contribution in [-0.4, -0.2) is 25.2 Å². The van der Waals surface area contributed by atoms with E-state index in [1.54, 1.807) is 13.8 Å². The molecular weight excluding hydrogens is 282 g/mol. The molecule has 0 amide bonds. The average molecular weight is 303 g/mol. The van der Waals surface area contributed by atoms with Gasteiger partial charge in [0.1, 0.15) is 0 Å². The van der Waals surface area contributed by atoms with Crippen molar-refractivity contribution >= 4 is 17.6 Å². The van der Waals surface area contributed by atoms with E-state index in [1.807, 2.05) is 31.2 Å². The minimum Gasteiger partial charge on any atom is -0.463 e. The number of hydrogen-bond acceptors (Lipinski definition) is 5. The van der Waals surface area contributed by atoms with Gasteiger partial charge in [-0.25, -0.2) is 9.59 Å². The Bertz CT molecular complexity index is 602. The molecule has 0 spiro atoms. The van der Waals surface area contributed by atoms with Crippen molar-refractivity contribution in [2.24, 2.45) is 5.73 Å². The quantitative estimate of drug-likeness (QED) is 0.496. The van der Waals surface area contributed by atoms with Crippen molar-refractivity contribution in [1.29, 1.82) is 0 Å². The van der Waals surface area contributed by atoms with Crippen LogP contribution in [0.3, 0.4) is 0 Å². The third-order valence-electron chi connectivity index (χ3n) is 2.89. The average Bonchev–Trinajstić information content (AvgIpc) is 2.48. The number of ether oxygens (including phenoxy) is 2. The van der Waals surface area contributed by atoms with Crippen LogP contribution in [0.1, 0.15) is 25.0 Å². The minimum atomic E-state index is -0.580. The van der Waals surface area contributed by atoms with Crippen molar-refractivity contribution in [3.8, 4) is 0 Å². The topological polar surface area (TPSA) is 78.6 Å². The summed E-state index contributed by atoms with van der Waals surface area (Å²) in [5, 5.41) is 0. The molecule has 0 bridgehead atoms. The van der Waals surface area contributed by atoms with Gasteiger partial charge in [0.05, 0.1) is 24.5 Å². The molecule has 0 fully saturated rings. The van der Waals surface area contributed by atoms with Crippen molar-refractivity contribution in [2.75, 3.05) is 13.2 Å². The predicted molar refractivity (Wildman–Crippen MR) is 84.7 cm³/mol. The largest absolute Gasteiger partial charge is 0.463 e. The Morgan fingerprint density at radius 3 is 2.32 bits per heavy atom. The maximum absolute atomic E-state index is 12.1. The summed E-state index contributed by atoms with van der Waals surface area (Å²) in [6.45, 7) is 5.77. The van der Waals surface area contributed by atoms with Crippen LogP contribution in [0.2, 0.25) is 0 Å². The third kappa shape index (κ3) is 4.77. The first-order valence-electron chi connectivity index (χ1n) is 7.08. The molecule has 0 aromatic heterocycles. The van der Waals surface area contributed by atoms with Crippen LogP contribution in [0.5, 0.6) is 0 Å². The molecule has 0 aliphatic carbocycles. The van der Waals surface area contributed by atoms with Gasteiger partial charge in [-0.3, -0.25) is 0 Å². The first-order chi connectivity index (χ1) is 10.5. The smallest absolute Gasteiger partial charge is 0.340 e. The fourth-order valence-corrected chi connectivity index (χ4v) is 1.84. The Labute approximate surface area is 130 Å². The van der Waals surface area contributed by atoms with Crippen LogP contribution in [0.25, 0.3) is 5.70 Å². The van der Waals surface area contributed by atoms with Crippen molar-refractivity contribution in [1.82, 2.24) is 0 Å². The molecule has 5 nitrogen and oxygen atoms in total. The monoisotopic (exact) mass is 303 g/mol. The normalized spacial score (nSPS) is 12.0. The lowest BCUT2D eigenvalue weighted by molar-refractivity contribution is -0.138. The van der Waals surface area contributed by atoms with Gasteiger partial charge in [0.2, 0.25) is 0 Å². The number of carbonyl (C=O) groups is 2. The van der Waals surface area contributed by atoms with Crippen LogP contribution in [0.15, 0.2) is 42.0 Å². The molecule has 0 aliphatic heterocycles. The standard InChI is InChI=1S/C17H21NO4/c1-4-21-15(19)11-10-14(17(20)22-5-2)16(18)13-9-7-6-8-12(13)3/h6-11H,4-5,18H2,1-3H3/b11-10+,16-14-. The van der Waals surface area contributed by atoms with E-state index in [9.17, 15) is 9.59 Å². The van der Waals surface area contributed by atoms with E-state index in [0.717, 1.165) is 11.1 Å². The minimum absolute atomic E-state index is 0.129. The Morgan fingerprint density at radius 1 is 1.09 bits per heavy atom. The first kappa shape index (κ1) is 17.5. The summed E-state index contributed by atoms with van der Waals surface area (Å²) >= 11 is 0. The molecule has 0 heterocycles. The molecule has 0 unspecified atom stereocenters. The van der Waals surface area contributed by atoms with Crippen LogP contribution >= 0.6 is 0 Å². The molecule has 1 aromatic carbocycles. The maximum Gasteiger partial charge on any atom is 0.340 e. The van der Waals surface area contributed by atoms with Gasteiger partial charge in [-0.1, -0.05) is 24.3 Å². The highest BCUT2D eigenvalue weighted by molar-refractivity contribution is 6.01. The molecule has 0 saturated carbocycles. The third-order valence-corrected chi connectivity index (χ3v) is 2.89. The summed E-state index contributed by atoms with van der Waals surface area (Å²) in [4.78, 5) is 23.5. The number of aryl methyl sites for hydroxylation is 1. The Kier molecular flexibility index (Phi) is 6.89. The van der Waals surface area contributed by atoms with Gasteiger partial charge in [0.25, 0.3) is 0 Å². The highest BCUT2D eigenvalue weighted by Gasteiger charge is 2.15. The number of rotatable bonds is 6. The zero-order chi connectivity index (χ0) is 16.5. The van der Waals surface area contributed by atoms with Crippen molar-refractivity contribution in [3.05, 3.63) is 53.1 Å². The van der Waals surface area contributed by atoms with Gasteiger partial charge in [-0.15, -0.1) is 0 Å². The number of hydrogen-bond donors (Lipinski definition) is 1. The molecular formula is C17H21NO4. The van der Waals surface area contributed by atoms with Gasteiger partial charge in [0, 0.05) is 11.6 Å². The van der Waals surface area contributed by atoms with E-state index >= 15 is 0 Å². The summed E-state index contributed by atoms with van der Waals surface area (Å²) < 4.78 is 9.80. The van der Waals surface area contributed by atoms with E-state index < -0.39 is 11.9 Å².